The summed E-state index contributed by atoms with van der Waals surface area (Å²) in [6, 6.07) is 16.0. The Morgan fingerprint density at radius 3 is 2.56 bits per heavy atom. The van der Waals surface area contributed by atoms with Crippen molar-refractivity contribution in [3.8, 4) is 34.1 Å². The second kappa shape index (κ2) is 6.10. The average Bonchev–Trinajstić information content (AvgIpc) is 2.97. The predicted octanol–water partition coefficient (Wildman–Crippen LogP) is 5.50. The van der Waals surface area contributed by atoms with Gasteiger partial charge in [-0.25, -0.2) is 4.98 Å². The number of phenolic OH excluding ortho intramolecular Hbond substituents is 2. The fourth-order valence-electron chi connectivity index (χ4n) is 2.85. The van der Waals surface area contributed by atoms with Crippen molar-refractivity contribution in [2.75, 3.05) is 0 Å². The van der Waals surface area contributed by atoms with Crippen molar-refractivity contribution in [2.24, 2.45) is 0 Å². The number of pyridine rings is 1. The van der Waals surface area contributed by atoms with E-state index in [1.54, 1.807) is 30.3 Å². The highest BCUT2D eigenvalue weighted by Crippen LogP contribution is 2.41. The monoisotopic (exact) mass is 414 g/mol. The number of para-hydroxylation sites is 1. The van der Waals surface area contributed by atoms with Gasteiger partial charge in [-0.3, -0.25) is 4.40 Å². The summed E-state index contributed by atoms with van der Waals surface area (Å²) in [5.41, 5.74) is 2.45. The average molecular weight is 416 g/mol. The minimum absolute atomic E-state index is 0.0493. The lowest BCUT2D eigenvalue weighted by atomic mass is 10.1. The van der Waals surface area contributed by atoms with Crippen molar-refractivity contribution in [3.05, 3.63) is 70.3 Å². The number of rotatable bonds is 2. The molecular formula is C19H12BrClN2O2. The Labute approximate surface area is 157 Å². The van der Waals surface area contributed by atoms with Crippen LogP contribution in [0.15, 0.2) is 65.3 Å². The van der Waals surface area contributed by atoms with Crippen LogP contribution in [0.3, 0.4) is 0 Å². The van der Waals surface area contributed by atoms with E-state index in [9.17, 15) is 10.2 Å². The van der Waals surface area contributed by atoms with Crippen molar-refractivity contribution >= 4 is 33.0 Å². The first-order chi connectivity index (χ1) is 12.1. The highest BCUT2D eigenvalue weighted by atomic mass is 79.9. The van der Waals surface area contributed by atoms with E-state index >= 15 is 0 Å². The van der Waals surface area contributed by atoms with E-state index < -0.39 is 0 Å². The molecule has 2 aromatic heterocycles. The van der Waals surface area contributed by atoms with Crippen LogP contribution in [0.4, 0.5) is 0 Å². The zero-order valence-electron chi connectivity index (χ0n) is 12.8. The Bertz CT molecular complexity index is 1090. The fourth-order valence-corrected chi connectivity index (χ4v) is 3.47. The van der Waals surface area contributed by atoms with Crippen LogP contribution in [0.1, 0.15) is 0 Å². The molecule has 0 saturated heterocycles. The molecule has 4 aromatic rings. The zero-order valence-corrected chi connectivity index (χ0v) is 15.2. The third-order valence-electron chi connectivity index (χ3n) is 4.01. The Morgan fingerprint density at radius 2 is 1.76 bits per heavy atom. The van der Waals surface area contributed by atoms with Crippen molar-refractivity contribution in [1.82, 2.24) is 9.38 Å². The summed E-state index contributed by atoms with van der Waals surface area (Å²) in [5.74, 6) is 0.669. The summed E-state index contributed by atoms with van der Waals surface area (Å²) in [7, 11) is 0. The first-order valence-electron chi connectivity index (χ1n) is 7.50. The number of fused-ring (bicyclic) bond motifs is 1. The molecule has 0 aliphatic heterocycles. The molecule has 0 amide bonds. The number of benzene rings is 2. The Hall–Kier alpha value is -2.50. The van der Waals surface area contributed by atoms with Gasteiger partial charge in [0, 0.05) is 11.8 Å². The van der Waals surface area contributed by atoms with Crippen LogP contribution in [0, 0.1) is 0 Å². The SMILES string of the molecule is Oc1cccc(Cl)c1-c1nc(-c2cccc(Br)c2O)c2ccccn12. The first kappa shape index (κ1) is 16.0. The van der Waals surface area contributed by atoms with Gasteiger partial charge in [-0.15, -0.1) is 0 Å². The summed E-state index contributed by atoms with van der Waals surface area (Å²) in [5, 5.41) is 21.1. The molecule has 0 fully saturated rings. The van der Waals surface area contributed by atoms with E-state index in [2.05, 4.69) is 15.9 Å². The number of hydrogen-bond acceptors (Lipinski definition) is 3. The molecule has 4 rings (SSSR count). The van der Waals surface area contributed by atoms with E-state index in [-0.39, 0.29) is 11.5 Å². The molecule has 25 heavy (non-hydrogen) atoms. The molecule has 0 aliphatic carbocycles. The molecule has 0 unspecified atom stereocenters. The predicted molar refractivity (Wildman–Crippen MR) is 102 cm³/mol. The minimum atomic E-state index is 0.0493. The zero-order chi connectivity index (χ0) is 17.6. The second-order valence-electron chi connectivity index (χ2n) is 5.51. The van der Waals surface area contributed by atoms with Crippen LogP contribution < -0.4 is 0 Å². The largest absolute Gasteiger partial charge is 0.507 e. The number of aromatic nitrogens is 2. The van der Waals surface area contributed by atoms with Crippen molar-refractivity contribution in [3.63, 3.8) is 0 Å². The number of phenols is 2. The van der Waals surface area contributed by atoms with Gasteiger partial charge in [0.15, 0.2) is 5.82 Å². The van der Waals surface area contributed by atoms with Gasteiger partial charge in [-0.2, -0.15) is 0 Å². The summed E-state index contributed by atoms with van der Waals surface area (Å²) >= 11 is 9.64. The molecule has 0 saturated carbocycles. The van der Waals surface area contributed by atoms with Crippen LogP contribution in [0.25, 0.3) is 28.2 Å². The lowest BCUT2D eigenvalue weighted by Crippen LogP contribution is -1.89. The number of nitrogens with zero attached hydrogens (tertiary/aromatic N) is 2. The number of halogens is 2. The molecule has 6 heteroatoms. The van der Waals surface area contributed by atoms with E-state index in [0.717, 1.165) is 5.52 Å². The molecule has 0 spiro atoms. The number of imidazole rings is 1. The molecule has 0 atom stereocenters. The lowest BCUT2D eigenvalue weighted by molar-refractivity contribution is 0.474. The van der Waals surface area contributed by atoms with E-state index in [0.29, 0.717) is 32.1 Å². The van der Waals surface area contributed by atoms with E-state index in [4.69, 9.17) is 16.6 Å². The molecule has 2 N–H and O–H groups in total. The van der Waals surface area contributed by atoms with Crippen LogP contribution in [0.5, 0.6) is 11.5 Å². The third-order valence-corrected chi connectivity index (χ3v) is 4.96. The van der Waals surface area contributed by atoms with E-state index in [1.807, 2.05) is 34.9 Å². The maximum absolute atomic E-state index is 10.4. The van der Waals surface area contributed by atoms with Gasteiger partial charge in [-0.05, 0) is 52.3 Å². The smallest absolute Gasteiger partial charge is 0.150 e. The van der Waals surface area contributed by atoms with Gasteiger partial charge in [0.25, 0.3) is 0 Å². The molecule has 2 aromatic carbocycles. The first-order valence-corrected chi connectivity index (χ1v) is 8.68. The number of hydrogen-bond donors (Lipinski definition) is 2. The van der Waals surface area contributed by atoms with Crippen molar-refractivity contribution < 1.29 is 10.2 Å². The van der Waals surface area contributed by atoms with Gasteiger partial charge in [-0.1, -0.05) is 29.8 Å². The molecule has 0 bridgehead atoms. The van der Waals surface area contributed by atoms with Crippen LogP contribution >= 0.6 is 27.5 Å². The lowest BCUT2D eigenvalue weighted by Gasteiger charge is -2.05. The Kier molecular flexibility index (Phi) is 3.90. The van der Waals surface area contributed by atoms with Gasteiger partial charge >= 0.3 is 0 Å². The topological polar surface area (TPSA) is 57.8 Å². The van der Waals surface area contributed by atoms with Crippen molar-refractivity contribution in [1.29, 1.82) is 0 Å². The maximum Gasteiger partial charge on any atom is 0.150 e. The van der Waals surface area contributed by atoms with Crippen LogP contribution in [0.2, 0.25) is 5.02 Å². The van der Waals surface area contributed by atoms with Gasteiger partial charge in [0.05, 0.1) is 20.6 Å². The highest BCUT2D eigenvalue weighted by molar-refractivity contribution is 9.10. The molecule has 0 radical (unpaired) electrons. The summed E-state index contributed by atoms with van der Waals surface area (Å²) in [6.07, 6.45) is 1.85. The van der Waals surface area contributed by atoms with Crippen LogP contribution in [-0.4, -0.2) is 19.6 Å². The third kappa shape index (κ3) is 2.56. The fraction of sp³-hybridized carbons (Fsp3) is 0. The Balaban J connectivity index is 2.08. The number of aromatic hydroxyl groups is 2. The Morgan fingerprint density at radius 1 is 0.960 bits per heavy atom. The van der Waals surface area contributed by atoms with Crippen LogP contribution in [-0.2, 0) is 0 Å². The molecular weight excluding hydrogens is 404 g/mol. The molecule has 4 nitrogen and oxygen atoms in total. The van der Waals surface area contributed by atoms with E-state index in [1.165, 1.54) is 0 Å². The van der Waals surface area contributed by atoms with Crippen molar-refractivity contribution in [2.45, 2.75) is 0 Å². The van der Waals surface area contributed by atoms with Gasteiger partial charge in [0.2, 0.25) is 0 Å². The molecule has 124 valence electrons. The standard InChI is InChI=1S/C19H12BrClN2O2/c20-12-6-3-5-11(18(12)25)17-14-8-1-2-10-23(14)19(22-17)16-13(21)7-4-9-15(16)24/h1-10,24-25H. The normalized spacial score (nSPS) is 11.1. The summed E-state index contributed by atoms with van der Waals surface area (Å²) in [6.45, 7) is 0. The maximum atomic E-state index is 10.4. The molecule has 2 heterocycles. The highest BCUT2D eigenvalue weighted by Gasteiger charge is 2.20. The second-order valence-corrected chi connectivity index (χ2v) is 6.77. The summed E-state index contributed by atoms with van der Waals surface area (Å²) < 4.78 is 2.43. The summed E-state index contributed by atoms with van der Waals surface area (Å²) in [4.78, 5) is 4.69. The van der Waals surface area contributed by atoms with Gasteiger partial charge < -0.3 is 10.2 Å². The minimum Gasteiger partial charge on any atom is -0.507 e. The molecule has 0 aliphatic rings. The quantitative estimate of drug-likeness (QED) is 0.455. The van der Waals surface area contributed by atoms with Gasteiger partial charge in [0.1, 0.15) is 17.2 Å².